The quantitative estimate of drug-likeness (QED) is 0.614. The van der Waals surface area contributed by atoms with E-state index in [2.05, 4.69) is 4.98 Å². The molecule has 0 saturated heterocycles. The molecule has 0 amide bonds. The molecule has 0 unspecified atom stereocenters. The van der Waals surface area contributed by atoms with Gasteiger partial charge in [0, 0.05) is 6.54 Å². The minimum Gasteiger partial charge on any atom is -0.475 e. The van der Waals surface area contributed by atoms with E-state index in [0.717, 1.165) is 11.1 Å². The van der Waals surface area contributed by atoms with Crippen LogP contribution in [0.4, 0.5) is 0 Å². The molecule has 0 radical (unpaired) electrons. The summed E-state index contributed by atoms with van der Waals surface area (Å²) in [5.41, 5.74) is 2.41. The second kappa shape index (κ2) is 5.64. The summed E-state index contributed by atoms with van der Waals surface area (Å²) in [4.78, 5) is 15.0. The van der Waals surface area contributed by atoms with Gasteiger partial charge in [-0.3, -0.25) is 0 Å². The molecule has 1 aromatic heterocycles. The normalized spacial score (nSPS) is 10.2. The molecular formula is C11H12N2NaO3+. The van der Waals surface area contributed by atoms with Gasteiger partial charge in [-0.25, -0.2) is 9.78 Å². The molecule has 17 heavy (non-hydrogen) atoms. The molecule has 0 aliphatic rings. The Morgan fingerprint density at radius 3 is 2.76 bits per heavy atom. The second-order valence-electron chi connectivity index (χ2n) is 3.61. The van der Waals surface area contributed by atoms with Crippen LogP contribution in [0, 0.1) is 6.92 Å². The Balaban J connectivity index is 0.00000144. The molecule has 0 saturated carbocycles. The van der Waals surface area contributed by atoms with Crippen LogP contribution in [0.15, 0.2) is 18.2 Å². The number of hydrogen-bond donors (Lipinski definition) is 2. The van der Waals surface area contributed by atoms with Gasteiger partial charge >= 0.3 is 35.5 Å². The minimum absolute atomic E-state index is 0. The summed E-state index contributed by atoms with van der Waals surface area (Å²) in [6, 6.07) is 5.53. The van der Waals surface area contributed by atoms with Crippen LogP contribution in [0.2, 0.25) is 0 Å². The number of aryl methyl sites for hydroxylation is 1. The van der Waals surface area contributed by atoms with E-state index in [1.807, 2.05) is 19.1 Å². The molecule has 0 spiro atoms. The Bertz CT molecular complexity index is 551. The maximum Gasteiger partial charge on any atom is 1.00 e. The summed E-state index contributed by atoms with van der Waals surface area (Å²) < 4.78 is 1.52. The van der Waals surface area contributed by atoms with Crippen LogP contribution in [0.3, 0.4) is 0 Å². The molecule has 0 atom stereocenters. The molecule has 2 N–H and O–H groups in total. The molecule has 0 fully saturated rings. The van der Waals surface area contributed by atoms with E-state index in [0.29, 0.717) is 5.52 Å². The van der Waals surface area contributed by atoms with Crippen LogP contribution in [0.1, 0.15) is 16.2 Å². The predicted molar refractivity (Wildman–Crippen MR) is 58.5 cm³/mol. The maximum absolute atomic E-state index is 11.0. The largest absolute Gasteiger partial charge is 1.00 e. The summed E-state index contributed by atoms with van der Waals surface area (Å²) in [5.74, 6) is -1.11. The number of aromatic carboxylic acids is 1. The molecule has 0 bridgehead atoms. The van der Waals surface area contributed by atoms with Crippen LogP contribution in [-0.2, 0) is 6.54 Å². The number of aliphatic hydroxyl groups excluding tert-OH is 1. The van der Waals surface area contributed by atoms with Crippen LogP contribution < -0.4 is 29.6 Å². The van der Waals surface area contributed by atoms with Crippen LogP contribution in [-0.4, -0.2) is 32.3 Å². The van der Waals surface area contributed by atoms with Crippen molar-refractivity contribution in [1.82, 2.24) is 9.55 Å². The van der Waals surface area contributed by atoms with Crippen molar-refractivity contribution in [3.8, 4) is 0 Å². The fourth-order valence-electron chi connectivity index (χ4n) is 1.72. The minimum atomic E-state index is -1.08. The molecule has 84 valence electrons. The summed E-state index contributed by atoms with van der Waals surface area (Å²) in [6.45, 7) is 2.05. The average Bonchev–Trinajstić information content (AvgIpc) is 2.58. The maximum atomic E-state index is 11.0. The van der Waals surface area contributed by atoms with E-state index in [4.69, 9.17) is 10.2 Å². The Morgan fingerprint density at radius 1 is 1.47 bits per heavy atom. The van der Waals surface area contributed by atoms with Crippen LogP contribution >= 0.6 is 0 Å². The zero-order valence-corrected chi connectivity index (χ0v) is 11.8. The molecule has 5 nitrogen and oxygen atoms in total. The number of benzene rings is 1. The van der Waals surface area contributed by atoms with E-state index < -0.39 is 5.97 Å². The number of hydrogen-bond acceptors (Lipinski definition) is 3. The monoisotopic (exact) mass is 243 g/mol. The van der Waals surface area contributed by atoms with Crippen molar-refractivity contribution in [2.75, 3.05) is 6.61 Å². The molecule has 6 heteroatoms. The zero-order valence-electron chi connectivity index (χ0n) is 9.84. The van der Waals surface area contributed by atoms with Crippen molar-refractivity contribution >= 4 is 17.0 Å². The summed E-state index contributed by atoms with van der Waals surface area (Å²) in [7, 11) is 0. The first-order valence-corrected chi connectivity index (χ1v) is 4.94. The van der Waals surface area contributed by atoms with Gasteiger partial charge in [0.25, 0.3) is 0 Å². The Hall–Kier alpha value is -0.880. The number of carboxylic acid groups (broad SMARTS) is 1. The zero-order chi connectivity index (χ0) is 11.7. The number of aliphatic hydroxyl groups is 1. The summed E-state index contributed by atoms with van der Waals surface area (Å²) in [6.07, 6.45) is 0. The predicted octanol–water partition coefficient (Wildman–Crippen LogP) is -1.96. The molecule has 0 aliphatic carbocycles. The second-order valence-corrected chi connectivity index (χ2v) is 3.61. The number of carboxylic acids is 1. The smallest absolute Gasteiger partial charge is 0.475 e. The van der Waals surface area contributed by atoms with Gasteiger partial charge in [-0.1, -0.05) is 6.07 Å². The molecule has 1 aromatic carbocycles. The average molecular weight is 243 g/mol. The Morgan fingerprint density at radius 2 is 2.18 bits per heavy atom. The number of rotatable bonds is 3. The van der Waals surface area contributed by atoms with Gasteiger partial charge in [0.1, 0.15) is 0 Å². The first kappa shape index (κ1) is 14.2. The van der Waals surface area contributed by atoms with Gasteiger partial charge in [-0.05, 0) is 24.6 Å². The first-order valence-electron chi connectivity index (χ1n) is 4.94. The number of nitrogens with zero attached hydrogens (tertiary/aromatic N) is 2. The van der Waals surface area contributed by atoms with Gasteiger partial charge in [0.15, 0.2) is 0 Å². The number of imidazole rings is 1. The van der Waals surface area contributed by atoms with E-state index in [9.17, 15) is 4.79 Å². The van der Waals surface area contributed by atoms with Crippen LogP contribution in [0.25, 0.3) is 11.0 Å². The summed E-state index contributed by atoms with van der Waals surface area (Å²) in [5, 5.41) is 17.9. The van der Waals surface area contributed by atoms with E-state index >= 15 is 0 Å². The van der Waals surface area contributed by atoms with Gasteiger partial charge in [-0.2, -0.15) is 0 Å². The third kappa shape index (κ3) is 2.69. The first-order chi connectivity index (χ1) is 7.63. The van der Waals surface area contributed by atoms with E-state index in [1.165, 1.54) is 4.57 Å². The van der Waals surface area contributed by atoms with Crippen molar-refractivity contribution in [2.45, 2.75) is 13.5 Å². The van der Waals surface area contributed by atoms with Crippen LogP contribution in [0.5, 0.6) is 0 Å². The number of aromatic nitrogens is 2. The van der Waals surface area contributed by atoms with E-state index in [1.54, 1.807) is 6.07 Å². The fraction of sp³-hybridized carbons (Fsp3) is 0.273. The van der Waals surface area contributed by atoms with Crippen molar-refractivity contribution in [1.29, 1.82) is 0 Å². The Kier molecular flexibility index (Phi) is 4.70. The standard InChI is InChI=1S/C11H12N2O3.Na/c1-7-2-3-8-9(6-7)13(4-5-14)10(12-8)11(15)16;/h2-3,6,14H,4-5H2,1H3,(H,15,16);/q;+1. The van der Waals surface area contributed by atoms with E-state index in [-0.39, 0.29) is 48.5 Å². The fourth-order valence-corrected chi connectivity index (χ4v) is 1.72. The molecular weight excluding hydrogens is 231 g/mol. The SMILES string of the molecule is Cc1ccc2nc(C(=O)O)n(CCO)c2c1.[Na+]. The molecule has 0 aliphatic heterocycles. The molecule has 2 aromatic rings. The van der Waals surface area contributed by atoms with Crippen molar-refractivity contribution in [3.05, 3.63) is 29.6 Å². The third-order valence-corrected chi connectivity index (χ3v) is 2.42. The topological polar surface area (TPSA) is 75.3 Å². The number of fused-ring (bicyclic) bond motifs is 1. The van der Waals surface area contributed by atoms with Gasteiger partial charge < -0.3 is 14.8 Å². The van der Waals surface area contributed by atoms with Crippen molar-refractivity contribution < 1.29 is 44.6 Å². The van der Waals surface area contributed by atoms with Gasteiger partial charge in [0.2, 0.25) is 5.82 Å². The number of carbonyl (C=O) groups is 1. The molecule has 1 heterocycles. The van der Waals surface area contributed by atoms with Crippen molar-refractivity contribution in [2.24, 2.45) is 0 Å². The summed E-state index contributed by atoms with van der Waals surface area (Å²) >= 11 is 0. The third-order valence-electron chi connectivity index (χ3n) is 2.42. The molecule has 2 rings (SSSR count). The van der Waals surface area contributed by atoms with Crippen molar-refractivity contribution in [3.63, 3.8) is 0 Å². The Labute approximate surface area is 120 Å². The van der Waals surface area contributed by atoms with Gasteiger partial charge in [0.05, 0.1) is 17.6 Å². The van der Waals surface area contributed by atoms with Gasteiger partial charge in [-0.15, -0.1) is 0 Å².